The standard InChI is InChI=1S/C14H16ClIN2O2/c1-4-20-14(19)9(3)18-12-6-5-10(16)7-11(12)17-13(18)8(2)15/h5-9H,4H2,1-3H3. The molecule has 4 nitrogen and oxygen atoms in total. The van der Waals surface area contributed by atoms with Gasteiger partial charge in [0, 0.05) is 3.57 Å². The fourth-order valence-corrected chi connectivity index (χ4v) is 2.78. The molecule has 0 saturated heterocycles. The number of hydrogen-bond donors (Lipinski definition) is 0. The van der Waals surface area contributed by atoms with Crippen LogP contribution in [-0.2, 0) is 9.53 Å². The molecule has 20 heavy (non-hydrogen) atoms. The molecule has 6 heteroatoms. The number of fused-ring (bicyclic) bond motifs is 1. The highest BCUT2D eigenvalue weighted by atomic mass is 127. The van der Waals surface area contributed by atoms with Crippen LogP contribution in [0.5, 0.6) is 0 Å². The van der Waals surface area contributed by atoms with Crippen molar-refractivity contribution >= 4 is 51.2 Å². The van der Waals surface area contributed by atoms with Gasteiger partial charge in [-0.05, 0) is 61.6 Å². The highest BCUT2D eigenvalue weighted by Gasteiger charge is 2.24. The van der Waals surface area contributed by atoms with Gasteiger partial charge in [-0.3, -0.25) is 0 Å². The third kappa shape index (κ3) is 2.93. The lowest BCUT2D eigenvalue weighted by Gasteiger charge is -2.17. The number of hydrogen-bond acceptors (Lipinski definition) is 3. The van der Waals surface area contributed by atoms with Gasteiger partial charge < -0.3 is 9.30 Å². The Morgan fingerprint density at radius 3 is 2.80 bits per heavy atom. The third-order valence-electron chi connectivity index (χ3n) is 3.05. The minimum absolute atomic E-state index is 0.274. The van der Waals surface area contributed by atoms with Crippen molar-refractivity contribution in [3.63, 3.8) is 0 Å². The van der Waals surface area contributed by atoms with Gasteiger partial charge in [0.1, 0.15) is 11.9 Å². The minimum atomic E-state index is -0.448. The van der Waals surface area contributed by atoms with E-state index in [1.807, 2.05) is 29.7 Å². The first-order chi connectivity index (χ1) is 9.45. The van der Waals surface area contributed by atoms with Crippen LogP contribution < -0.4 is 0 Å². The van der Waals surface area contributed by atoms with E-state index < -0.39 is 6.04 Å². The summed E-state index contributed by atoms with van der Waals surface area (Å²) in [6.07, 6.45) is 0. The predicted octanol–water partition coefficient (Wildman–Crippen LogP) is 4.06. The Morgan fingerprint density at radius 2 is 2.20 bits per heavy atom. The van der Waals surface area contributed by atoms with Crippen LogP contribution in [0.25, 0.3) is 11.0 Å². The summed E-state index contributed by atoms with van der Waals surface area (Å²) in [5.74, 6) is 0.410. The van der Waals surface area contributed by atoms with Gasteiger partial charge in [0.05, 0.1) is 23.0 Å². The Hall–Kier alpha value is -0.820. The minimum Gasteiger partial charge on any atom is -0.464 e. The molecule has 2 rings (SSSR count). The van der Waals surface area contributed by atoms with Crippen LogP contribution in [0.15, 0.2) is 18.2 Å². The van der Waals surface area contributed by atoms with Crippen molar-refractivity contribution < 1.29 is 9.53 Å². The zero-order valence-corrected chi connectivity index (χ0v) is 14.5. The molecule has 0 aliphatic rings. The van der Waals surface area contributed by atoms with Crippen molar-refractivity contribution in [2.24, 2.45) is 0 Å². The van der Waals surface area contributed by atoms with Gasteiger partial charge in [0.2, 0.25) is 0 Å². The normalized spacial score (nSPS) is 14.2. The second-order valence-corrected chi connectivity index (χ2v) is 6.42. The topological polar surface area (TPSA) is 44.1 Å². The van der Waals surface area contributed by atoms with E-state index in [9.17, 15) is 4.79 Å². The molecule has 0 amide bonds. The number of rotatable bonds is 4. The van der Waals surface area contributed by atoms with Crippen molar-refractivity contribution in [1.29, 1.82) is 0 Å². The Balaban J connectivity index is 2.59. The van der Waals surface area contributed by atoms with Crippen molar-refractivity contribution in [2.45, 2.75) is 32.2 Å². The molecule has 0 aliphatic carbocycles. The zero-order chi connectivity index (χ0) is 14.9. The van der Waals surface area contributed by atoms with Crippen LogP contribution >= 0.6 is 34.2 Å². The van der Waals surface area contributed by atoms with Crippen molar-refractivity contribution in [3.8, 4) is 0 Å². The Morgan fingerprint density at radius 1 is 1.50 bits per heavy atom. The average molecular weight is 407 g/mol. The number of ether oxygens (including phenoxy) is 1. The number of halogens is 2. The Labute approximate surface area is 136 Å². The van der Waals surface area contributed by atoms with Crippen LogP contribution in [0.4, 0.5) is 0 Å². The summed E-state index contributed by atoms with van der Waals surface area (Å²) in [6, 6.07) is 5.48. The summed E-state index contributed by atoms with van der Waals surface area (Å²) in [4.78, 5) is 16.6. The Kier molecular flexibility index (Phi) is 4.90. The first-order valence-electron chi connectivity index (χ1n) is 6.43. The quantitative estimate of drug-likeness (QED) is 0.437. The van der Waals surface area contributed by atoms with Gasteiger partial charge in [0.25, 0.3) is 0 Å². The summed E-state index contributed by atoms with van der Waals surface area (Å²) in [5.41, 5.74) is 1.74. The number of imidazole rings is 1. The van der Waals surface area contributed by atoms with Gasteiger partial charge in [-0.2, -0.15) is 0 Å². The molecule has 0 saturated carbocycles. The van der Waals surface area contributed by atoms with Gasteiger partial charge >= 0.3 is 5.97 Å². The third-order valence-corrected chi connectivity index (χ3v) is 3.92. The molecule has 0 fully saturated rings. The number of esters is 1. The van der Waals surface area contributed by atoms with E-state index in [4.69, 9.17) is 16.3 Å². The van der Waals surface area contributed by atoms with Crippen LogP contribution in [0.1, 0.15) is 38.0 Å². The molecule has 1 aromatic carbocycles. The molecule has 2 atom stereocenters. The number of alkyl halides is 1. The van der Waals surface area contributed by atoms with Crippen LogP contribution in [0.2, 0.25) is 0 Å². The molecule has 0 radical (unpaired) electrons. The molecule has 2 aromatic rings. The second-order valence-electron chi connectivity index (χ2n) is 4.52. The summed E-state index contributed by atoms with van der Waals surface area (Å²) < 4.78 is 8.06. The lowest BCUT2D eigenvalue weighted by Crippen LogP contribution is -2.21. The van der Waals surface area contributed by atoms with E-state index in [-0.39, 0.29) is 11.3 Å². The van der Waals surface area contributed by atoms with Gasteiger partial charge in [-0.1, -0.05) is 0 Å². The lowest BCUT2D eigenvalue weighted by atomic mass is 10.2. The van der Waals surface area contributed by atoms with Crippen LogP contribution in [-0.4, -0.2) is 22.1 Å². The first kappa shape index (κ1) is 15.6. The number of benzene rings is 1. The first-order valence-corrected chi connectivity index (χ1v) is 7.95. The Bertz CT molecular complexity index is 639. The molecule has 1 aromatic heterocycles. The van der Waals surface area contributed by atoms with E-state index >= 15 is 0 Å². The van der Waals surface area contributed by atoms with Crippen molar-refractivity contribution in [2.75, 3.05) is 6.61 Å². The number of aromatic nitrogens is 2. The van der Waals surface area contributed by atoms with E-state index in [1.165, 1.54) is 0 Å². The average Bonchev–Trinajstić information content (AvgIpc) is 2.76. The maximum atomic E-state index is 12.0. The highest BCUT2D eigenvalue weighted by molar-refractivity contribution is 14.1. The summed E-state index contributed by atoms with van der Waals surface area (Å²) >= 11 is 8.44. The van der Waals surface area contributed by atoms with Crippen molar-refractivity contribution in [1.82, 2.24) is 9.55 Å². The molecular weight excluding hydrogens is 391 g/mol. The predicted molar refractivity (Wildman–Crippen MR) is 88.1 cm³/mol. The summed E-state index contributed by atoms with van der Waals surface area (Å²) in [7, 11) is 0. The lowest BCUT2D eigenvalue weighted by molar-refractivity contribution is -0.146. The van der Waals surface area contributed by atoms with Gasteiger partial charge in [-0.25, -0.2) is 9.78 Å². The van der Waals surface area contributed by atoms with Crippen molar-refractivity contribution in [3.05, 3.63) is 27.6 Å². The SMILES string of the molecule is CCOC(=O)C(C)n1c(C(C)Cl)nc2cc(I)ccc21. The number of carbonyl (C=O) groups is 1. The van der Waals surface area contributed by atoms with E-state index in [0.717, 1.165) is 14.6 Å². The van der Waals surface area contributed by atoms with Gasteiger partial charge in [0.15, 0.2) is 0 Å². The molecule has 0 aliphatic heterocycles. The van der Waals surface area contributed by atoms with E-state index in [1.54, 1.807) is 13.8 Å². The zero-order valence-electron chi connectivity index (χ0n) is 11.6. The second kappa shape index (κ2) is 6.30. The molecule has 0 bridgehead atoms. The summed E-state index contributed by atoms with van der Waals surface area (Å²) in [6.45, 7) is 5.81. The largest absolute Gasteiger partial charge is 0.464 e. The van der Waals surface area contributed by atoms with Gasteiger partial charge in [-0.15, -0.1) is 11.6 Å². The highest BCUT2D eigenvalue weighted by Crippen LogP contribution is 2.29. The maximum Gasteiger partial charge on any atom is 0.328 e. The van der Waals surface area contributed by atoms with Crippen LogP contribution in [0.3, 0.4) is 0 Å². The molecule has 0 spiro atoms. The van der Waals surface area contributed by atoms with Crippen LogP contribution in [0, 0.1) is 3.57 Å². The number of carbonyl (C=O) groups excluding carboxylic acids is 1. The maximum absolute atomic E-state index is 12.0. The van der Waals surface area contributed by atoms with E-state index in [0.29, 0.717) is 12.4 Å². The molecule has 108 valence electrons. The number of nitrogens with zero attached hydrogens (tertiary/aromatic N) is 2. The summed E-state index contributed by atoms with van der Waals surface area (Å²) in [5, 5.41) is -0.281. The van der Waals surface area contributed by atoms with E-state index in [2.05, 4.69) is 27.6 Å². The molecule has 2 unspecified atom stereocenters. The fourth-order valence-electron chi connectivity index (χ4n) is 2.15. The fraction of sp³-hybridized carbons (Fsp3) is 0.429. The molecular formula is C14H16ClIN2O2. The smallest absolute Gasteiger partial charge is 0.328 e. The molecule has 0 N–H and O–H groups in total. The molecule has 1 heterocycles. The monoisotopic (exact) mass is 406 g/mol.